The van der Waals surface area contributed by atoms with Crippen molar-refractivity contribution >= 4 is 33.0 Å². The molecular formula is C22H21ClN2O6S. The molecular weight excluding hydrogens is 456 g/mol. The van der Waals surface area contributed by atoms with E-state index in [0.29, 0.717) is 27.8 Å². The molecule has 0 heterocycles. The lowest BCUT2D eigenvalue weighted by atomic mass is 10.1. The van der Waals surface area contributed by atoms with E-state index in [1.165, 1.54) is 42.8 Å². The molecule has 8 nitrogen and oxygen atoms in total. The number of halogens is 1. The fourth-order valence-electron chi connectivity index (χ4n) is 3.31. The molecule has 0 N–H and O–H groups in total. The van der Waals surface area contributed by atoms with E-state index in [9.17, 15) is 18.5 Å². The van der Waals surface area contributed by atoms with E-state index in [0.717, 1.165) is 6.07 Å². The Morgan fingerprint density at radius 2 is 1.66 bits per heavy atom. The summed E-state index contributed by atoms with van der Waals surface area (Å²) in [6.45, 7) is 1.71. The van der Waals surface area contributed by atoms with Gasteiger partial charge < -0.3 is 9.47 Å². The molecule has 0 bridgehead atoms. The van der Waals surface area contributed by atoms with Crippen LogP contribution in [0.25, 0.3) is 0 Å². The van der Waals surface area contributed by atoms with E-state index in [2.05, 4.69) is 0 Å². The third kappa shape index (κ3) is 4.63. The van der Waals surface area contributed by atoms with Gasteiger partial charge in [0.05, 0.1) is 35.8 Å². The first-order valence-corrected chi connectivity index (χ1v) is 11.3. The summed E-state index contributed by atoms with van der Waals surface area (Å²) in [6, 6.07) is 15.8. The number of nitrogens with zero attached hydrogens (tertiary/aromatic N) is 2. The highest BCUT2D eigenvalue weighted by Gasteiger charge is 2.32. The number of sulfonamides is 1. The molecule has 0 unspecified atom stereocenters. The lowest BCUT2D eigenvalue weighted by Gasteiger charge is -2.31. The van der Waals surface area contributed by atoms with Crippen LogP contribution in [0.3, 0.4) is 0 Å². The average molecular weight is 477 g/mol. The average Bonchev–Trinajstić information content (AvgIpc) is 2.78. The summed E-state index contributed by atoms with van der Waals surface area (Å²) in [6.07, 6.45) is 0. The smallest absolute Gasteiger partial charge is 0.270 e. The van der Waals surface area contributed by atoms with Crippen LogP contribution in [0.2, 0.25) is 5.02 Å². The van der Waals surface area contributed by atoms with Gasteiger partial charge in [0, 0.05) is 23.2 Å². The maximum absolute atomic E-state index is 13.8. The van der Waals surface area contributed by atoms with Crippen LogP contribution >= 0.6 is 11.6 Å². The van der Waals surface area contributed by atoms with Gasteiger partial charge in [0.25, 0.3) is 15.7 Å². The van der Waals surface area contributed by atoms with Crippen LogP contribution in [-0.4, -0.2) is 27.6 Å². The Kier molecular flexibility index (Phi) is 6.90. The molecule has 32 heavy (non-hydrogen) atoms. The Bertz CT molecular complexity index is 1250. The molecule has 3 rings (SSSR count). The first kappa shape index (κ1) is 23.4. The van der Waals surface area contributed by atoms with E-state index in [-0.39, 0.29) is 10.6 Å². The summed E-state index contributed by atoms with van der Waals surface area (Å²) in [5.41, 5.74) is 0.608. The van der Waals surface area contributed by atoms with E-state index in [1.807, 2.05) is 0 Å². The Morgan fingerprint density at radius 3 is 2.28 bits per heavy atom. The molecule has 0 aliphatic rings. The second kappa shape index (κ2) is 9.46. The van der Waals surface area contributed by atoms with Gasteiger partial charge in [-0.1, -0.05) is 29.8 Å². The van der Waals surface area contributed by atoms with Gasteiger partial charge in [0.2, 0.25) is 0 Å². The molecule has 0 amide bonds. The summed E-state index contributed by atoms with van der Waals surface area (Å²) < 4.78 is 39.3. The van der Waals surface area contributed by atoms with Crippen LogP contribution in [-0.2, 0) is 10.0 Å². The molecule has 0 spiro atoms. The molecule has 1 atom stereocenters. The van der Waals surface area contributed by atoms with Crippen LogP contribution < -0.4 is 13.8 Å². The van der Waals surface area contributed by atoms with Crippen LogP contribution in [0, 0.1) is 10.1 Å². The lowest BCUT2D eigenvalue weighted by molar-refractivity contribution is -0.385. The fraction of sp³-hybridized carbons (Fsp3) is 0.182. The quantitative estimate of drug-likeness (QED) is 0.326. The predicted molar refractivity (Wildman–Crippen MR) is 122 cm³/mol. The highest BCUT2D eigenvalue weighted by molar-refractivity contribution is 7.92. The SMILES string of the molecule is COc1ccc(N([C@H](C)c2cccc(Cl)c2)S(=O)(=O)c2cccc([N+](=O)[O-])c2)cc1OC. The van der Waals surface area contributed by atoms with Gasteiger partial charge in [0.1, 0.15) is 0 Å². The van der Waals surface area contributed by atoms with Crippen molar-refractivity contribution in [3.8, 4) is 11.5 Å². The van der Waals surface area contributed by atoms with Gasteiger partial charge in [-0.3, -0.25) is 14.4 Å². The normalized spacial score (nSPS) is 12.1. The molecule has 3 aromatic carbocycles. The van der Waals surface area contributed by atoms with Crippen LogP contribution in [0.4, 0.5) is 11.4 Å². The number of hydrogen-bond acceptors (Lipinski definition) is 6. The Hall–Kier alpha value is -3.30. The zero-order chi connectivity index (χ0) is 23.5. The Labute approximate surface area is 191 Å². The third-order valence-electron chi connectivity index (χ3n) is 4.89. The second-order valence-electron chi connectivity index (χ2n) is 6.83. The topological polar surface area (TPSA) is 99.0 Å². The standard InChI is InChI=1S/C22H21ClN2O6S/c1-15(16-6-4-7-17(23)12-16)24(18-10-11-21(30-2)22(14-18)31-3)32(28,29)20-9-5-8-19(13-20)25(26)27/h4-15H,1-3H3/t15-/m1/s1. The number of nitro groups is 1. The molecule has 10 heteroatoms. The van der Waals surface area contributed by atoms with Crippen molar-refractivity contribution in [2.45, 2.75) is 17.9 Å². The maximum Gasteiger partial charge on any atom is 0.270 e. The molecule has 0 aliphatic heterocycles. The van der Waals surface area contributed by atoms with Crippen molar-refractivity contribution in [1.82, 2.24) is 0 Å². The Balaban J connectivity index is 2.22. The zero-order valence-corrected chi connectivity index (χ0v) is 19.1. The largest absolute Gasteiger partial charge is 0.493 e. The van der Waals surface area contributed by atoms with Crippen LogP contribution in [0.15, 0.2) is 71.6 Å². The van der Waals surface area contributed by atoms with Gasteiger partial charge in [-0.2, -0.15) is 0 Å². The van der Waals surface area contributed by atoms with Gasteiger partial charge in [-0.15, -0.1) is 0 Å². The monoisotopic (exact) mass is 476 g/mol. The summed E-state index contributed by atoms with van der Waals surface area (Å²) in [4.78, 5) is 10.4. The van der Waals surface area contributed by atoms with Crippen molar-refractivity contribution in [1.29, 1.82) is 0 Å². The van der Waals surface area contributed by atoms with Gasteiger partial charge in [-0.25, -0.2) is 8.42 Å². The van der Waals surface area contributed by atoms with Crippen molar-refractivity contribution in [2.75, 3.05) is 18.5 Å². The first-order valence-electron chi connectivity index (χ1n) is 9.45. The van der Waals surface area contributed by atoms with Crippen molar-refractivity contribution in [3.05, 3.63) is 87.4 Å². The van der Waals surface area contributed by atoms with Gasteiger partial charge >= 0.3 is 0 Å². The first-order chi connectivity index (χ1) is 15.2. The van der Waals surface area contributed by atoms with Crippen molar-refractivity contribution < 1.29 is 22.8 Å². The minimum Gasteiger partial charge on any atom is -0.493 e. The minimum absolute atomic E-state index is 0.213. The zero-order valence-electron chi connectivity index (χ0n) is 17.6. The number of non-ortho nitro benzene ring substituents is 1. The predicted octanol–water partition coefficient (Wildman–Crippen LogP) is 5.22. The van der Waals surface area contributed by atoms with Crippen molar-refractivity contribution in [2.24, 2.45) is 0 Å². The fourth-order valence-corrected chi connectivity index (χ4v) is 5.18. The molecule has 168 valence electrons. The van der Waals surface area contributed by atoms with E-state index in [1.54, 1.807) is 43.3 Å². The summed E-state index contributed by atoms with van der Waals surface area (Å²) in [7, 11) is -1.30. The number of benzene rings is 3. The summed E-state index contributed by atoms with van der Waals surface area (Å²) >= 11 is 6.13. The molecule has 0 saturated carbocycles. The third-order valence-corrected chi connectivity index (χ3v) is 7.02. The van der Waals surface area contributed by atoms with Gasteiger partial charge in [0.15, 0.2) is 11.5 Å². The number of rotatable bonds is 8. The molecule has 0 saturated heterocycles. The molecule has 0 radical (unpaired) electrons. The number of anilines is 1. The number of nitro benzene ring substituents is 1. The van der Waals surface area contributed by atoms with E-state index >= 15 is 0 Å². The minimum atomic E-state index is -4.23. The van der Waals surface area contributed by atoms with Crippen LogP contribution in [0.5, 0.6) is 11.5 Å². The molecule has 0 aromatic heterocycles. The highest BCUT2D eigenvalue weighted by Crippen LogP contribution is 2.39. The maximum atomic E-state index is 13.8. The summed E-state index contributed by atoms with van der Waals surface area (Å²) in [5.74, 6) is 0.766. The lowest BCUT2D eigenvalue weighted by Crippen LogP contribution is -2.33. The highest BCUT2D eigenvalue weighted by atomic mass is 35.5. The van der Waals surface area contributed by atoms with E-state index in [4.69, 9.17) is 21.1 Å². The van der Waals surface area contributed by atoms with Gasteiger partial charge in [-0.05, 0) is 42.8 Å². The second-order valence-corrected chi connectivity index (χ2v) is 9.08. The summed E-state index contributed by atoms with van der Waals surface area (Å²) in [5, 5.41) is 11.7. The number of hydrogen-bond donors (Lipinski definition) is 0. The molecule has 3 aromatic rings. The Morgan fingerprint density at radius 1 is 0.969 bits per heavy atom. The van der Waals surface area contributed by atoms with E-state index < -0.39 is 21.0 Å². The number of methoxy groups -OCH3 is 2. The molecule has 0 fully saturated rings. The number of ether oxygens (including phenoxy) is 2. The van der Waals surface area contributed by atoms with Crippen molar-refractivity contribution in [3.63, 3.8) is 0 Å². The molecule has 0 aliphatic carbocycles. The van der Waals surface area contributed by atoms with Crippen LogP contribution in [0.1, 0.15) is 18.5 Å².